The summed E-state index contributed by atoms with van der Waals surface area (Å²) in [5.74, 6) is 0.616. The minimum atomic E-state index is 0.157. The number of anilines is 1. The van der Waals surface area contributed by atoms with Gasteiger partial charge < -0.3 is 43.0 Å². The highest BCUT2D eigenvalue weighted by Crippen LogP contribution is 2.38. The van der Waals surface area contributed by atoms with Gasteiger partial charge in [-0.05, 0) is 58.7 Å². The first-order chi connectivity index (χ1) is 24.7. The fraction of sp³-hybridized carbons (Fsp3) is 0.676. The lowest BCUT2D eigenvalue weighted by atomic mass is 10.1. The maximum Gasteiger partial charge on any atom is 0.158 e. The number of ether oxygens (including phenoxy) is 4. The molecule has 1 heterocycles. The minimum absolute atomic E-state index is 0.157. The van der Waals surface area contributed by atoms with Crippen LogP contribution in [0.5, 0.6) is 5.75 Å². The van der Waals surface area contributed by atoms with E-state index in [0.717, 1.165) is 77.4 Å². The number of aliphatic hydroxyl groups is 2. The Kier molecular flexibility index (Phi) is 20.2. The molecular weight excluding hydrogens is 671 g/mol. The van der Waals surface area contributed by atoms with Crippen LogP contribution in [0.1, 0.15) is 49.3 Å². The molecule has 0 fully saturated rings. The number of quaternary nitrogens is 2. The van der Waals surface area contributed by atoms with Gasteiger partial charge in [-0.2, -0.15) is 10.5 Å². The van der Waals surface area contributed by atoms with Gasteiger partial charge in [-0.3, -0.25) is 0 Å². The second kappa shape index (κ2) is 23.4. The molecule has 0 spiro atoms. The molecule has 0 saturated carbocycles. The Morgan fingerprint density at radius 3 is 1.75 bits per heavy atom. The van der Waals surface area contributed by atoms with Crippen molar-refractivity contribution in [2.24, 2.45) is 10.2 Å². The topological polar surface area (TPSA) is 153 Å². The zero-order valence-electron chi connectivity index (χ0n) is 31.9. The molecule has 13 nitrogen and oxygen atoms in total. The molecule has 2 N–H and O–H groups in total. The highest BCUT2D eigenvalue weighted by atomic mass is 32.1. The van der Waals surface area contributed by atoms with Crippen molar-refractivity contribution in [3.8, 4) is 17.9 Å². The van der Waals surface area contributed by atoms with Crippen molar-refractivity contribution in [1.82, 2.24) is 0 Å². The molecule has 1 aromatic heterocycles. The maximum absolute atomic E-state index is 9.62. The summed E-state index contributed by atoms with van der Waals surface area (Å²) in [6.45, 7) is 23.9. The number of hydrogen-bond donors (Lipinski definition) is 2. The molecule has 0 aliphatic carbocycles. The first-order valence-corrected chi connectivity index (χ1v) is 18.9. The van der Waals surface area contributed by atoms with Crippen LogP contribution >= 0.6 is 11.3 Å². The van der Waals surface area contributed by atoms with Crippen LogP contribution in [0, 0.1) is 36.5 Å². The Bertz CT molecular complexity index is 1430. The van der Waals surface area contributed by atoms with Crippen molar-refractivity contribution in [2.45, 2.75) is 41.5 Å². The van der Waals surface area contributed by atoms with Crippen LogP contribution in [-0.4, -0.2) is 145 Å². The minimum Gasteiger partial charge on any atom is -0.495 e. The Labute approximate surface area is 309 Å². The highest BCUT2D eigenvalue weighted by Gasteiger charge is 2.23. The predicted octanol–water partition coefficient (Wildman–Crippen LogP) is 5.09. The van der Waals surface area contributed by atoms with Crippen molar-refractivity contribution in [1.29, 1.82) is 10.5 Å². The number of nitrogens with zero attached hydrogens (tertiary/aromatic N) is 7. The Morgan fingerprint density at radius 1 is 0.745 bits per heavy atom. The van der Waals surface area contributed by atoms with Gasteiger partial charge in [0.1, 0.15) is 48.9 Å². The van der Waals surface area contributed by atoms with Gasteiger partial charge in [0.05, 0.1) is 103 Å². The van der Waals surface area contributed by atoms with E-state index in [4.69, 9.17) is 18.9 Å². The van der Waals surface area contributed by atoms with E-state index >= 15 is 0 Å². The number of hydrogen-bond acceptors (Lipinski definition) is 12. The van der Waals surface area contributed by atoms with Gasteiger partial charge in [-0.25, -0.2) is 0 Å². The smallest absolute Gasteiger partial charge is 0.158 e. The summed E-state index contributed by atoms with van der Waals surface area (Å²) in [5.41, 5.74) is 3.31. The average Bonchev–Trinajstić information content (AvgIpc) is 3.46. The summed E-state index contributed by atoms with van der Waals surface area (Å²) < 4.78 is 25.5. The van der Waals surface area contributed by atoms with E-state index in [9.17, 15) is 20.7 Å². The second-order valence-corrected chi connectivity index (χ2v) is 13.6. The van der Waals surface area contributed by atoms with Gasteiger partial charge in [0.2, 0.25) is 0 Å². The van der Waals surface area contributed by atoms with Crippen LogP contribution in [0.4, 0.5) is 16.4 Å². The normalized spacial score (nSPS) is 12.0. The fourth-order valence-corrected chi connectivity index (χ4v) is 6.97. The quantitative estimate of drug-likeness (QED) is 0.0728. The molecule has 0 aliphatic heterocycles. The van der Waals surface area contributed by atoms with E-state index in [2.05, 4.69) is 55.0 Å². The SMILES string of the molecule is CC[N+](CC)(CCO)CCOCCOCCN(CCOCC[N+](CC)(CC)CCO)c1cc(C)c(N=Nc2sc(C#N)c(C)c2C#N)cc1OC. The molecule has 2 rings (SSSR count). The number of likely N-dealkylation sites (N-methyl/N-ethyl adjacent to an activating group) is 2. The van der Waals surface area contributed by atoms with Gasteiger partial charge >= 0.3 is 0 Å². The van der Waals surface area contributed by atoms with Gasteiger partial charge in [0.15, 0.2) is 5.00 Å². The number of rotatable bonds is 27. The van der Waals surface area contributed by atoms with E-state index in [1.54, 1.807) is 14.0 Å². The average molecular weight is 732 g/mol. The van der Waals surface area contributed by atoms with Gasteiger partial charge in [-0.15, -0.1) is 21.6 Å². The molecule has 0 amide bonds. The van der Waals surface area contributed by atoms with Crippen LogP contribution < -0.4 is 9.64 Å². The van der Waals surface area contributed by atoms with E-state index < -0.39 is 0 Å². The van der Waals surface area contributed by atoms with Crippen molar-refractivity contribution >= 4 is 27.7 Å². The molecule has 284 valence electrons. The largest absolute Gasteiger partial charge is 0.495 e. The molecule has 0 radical (unpaired) electrons. The molecule has 1 aromatic carbocycles. The molecule has 0 aliphatic rings. The van der Waals surface area contributed by atoms with Crippen LogP contribution in [0.3, 0.4) is 0 Å². The van der Waals surface area contributed by atoms with Crippen molar-refractivity contribution in [3.05, 3.63) is 33.7 Å². The summed E-state index contributed by atoms with van der Waals surface area (Å²) in [6.07, 6.45) is 0. The number of benzene rings is 1. The lowest BCUT2D eigenvalue weighted by molar-refractivity contribution is -0.925. The summed E-state index contributed by atoms with van der Waals surface area (Å²) in [6, 6.07) is 8.11. The second-order valence-electron chi connectivity index (χ2n) is 12.6. The third-order valence-corrected chi connectivity index (χ3v) is 11.1. The van der Waals surface area contributed by atoms with Crippen LogP contribution in [0.15, 0.2) is 22.4 Å². The van der Waals surface area contributed by atoms with Gasteiger partial charge in [-0.1, -0.05) is 0 Å². The first-order valence-electron chi connectivity index (χ1n) is 18.1. The van der Waals surface area contributed by atoms with Crippen LogP contribution in [0.2, 0.25) is 0 Å². The van der Waals surface area contributed by atoms with Gasteiger partial charge in [0.25, 0.3) is 0 Å². The number of azo groups is 1. The molecule has 14 heteroatoms. The molecule has 0 atom stereocenters. The zero-order chi connectivity index (χ0) is 37.7. The zero-order valence-corrected chi connectivity index (χ0v) is 32.8. The van der Waals surface area contributed by atoms with Gasteiger partial charge in [0, 0.05) is 19.2 Å². The van der Waals surface area contributed by atoms with Crippen LogP contribution in [-0.2, 0) is 14.2 Å². The number of methoxy groups -OCH3 is 1. The number of thiophene rings is 1. The number of aliphatic hydroxyl groups excluding tert-OH is 2. The van der Waals surface area contributed by atoms with Crippen molar-refractivity contribution in [2.75, 3.05) is 130 Å². The Balaban J connectivity index is 2.15. The van der Waals surface area contributed by atoms with E-state index in [1.165, 1.54) is 0 Å². The third kappa shape index (κ3) is 13.1. The highest BCUT2D eigenvalue weighted by molar-refractivity contribution is 7.16. The lowest BCUT2D eigenvalue weighted by Crippen LogP contribution is -2.51. The maximum atomic E-state index is 9.62. The lowest BCUT2D eigenvalue weighted by Gasteiger charge is -2.36. The molecule has 0 saturated heterocycles. The van der Waals surface area contributed by atoms with E-state index in [0.29, 0.717) is 91.7 Å². The summed E-state index contributed by atoms with van der Waals surface area (Å²) in [5, 5.41) is 47.3. The number of nitriles is 2. The van der Waals surface area contributed by atoms with Crippen LogP contribution in [0.25, 0.3) is 0 Å². The summed E-state index contributed by atoms with van der Waals surface area (Å²) >= 11 is 1.15. The first kappa shape index (κ1) is 44.0. The fourth-order valence-electron chi connectivity index (χ4n) is 6.09. The summed E-state index contributed by atoms with van der Waals surface area (Å²) in [7, 11) is 1.62. The van der Waals surface area contributed by atoms with E-state index in [1.807, 2.05) is 19.1 Å². The standard InChI is InChI=1S/C37H61N7O6S/c1-8-43(9-2,14-18-45)16-22-48-20-12-42(13-21-49-24-25-50-23-17-44(10-3,11-4)15-19-46)34-26-30(5)33(27-35(34)47-7)40-41-37-32(28-38)31(6)36(29-39)51-37/h26-27,45-46H,8-25H2,1-7H3/q+2. The monoisotopic (exact) mass is 731 g/mol. The molecule has 0 bridgehead atoms. The Hall–Kier alpha value is -3.18. The molecule has 51 heavy (non-hydrogen) atoms. The van der Waals surface area contributed by atoms with E-state index in [-0.39, 0.29) is 13.2 Å². The van der Waals surface area contributed by atoms with Crippen molar-refractivity contribution in [3.63, 3.8) is 0 Å². The summed E-state index contributed by atoms with van der Waals surface area (Å²) in [4.78, 5) is 2.63. The Morgan fingerprint density at radius 2 is 1.27 bits per heavy atom. The number of aryl methyl sites for hydroxylation is 1. The molecule has 0 unspecified atom stereocenters. The molecular formula is C37H61N7O6S+2. The third-order valence-electron chi connectivity index (χ3n) is 10.1. The molecule has 2 aromatic rings. The van der Waals surface area contributed by atoms with Crippen molar-refractivity contribution < 1.29 is 38.1 Å². The predicted molar refractivity (Wildman–Crippen MR) is 201 cm³/mol.